The molecule has 0 saturated carbocycles. The summed E-state index contributed by atoms with van der Waals surface area (Å²) >= 11 is 0. The van der Waals surface area contributed by atoms with Gasteiger partial charge in [0, 0.05) is 118 Å². The van der Waals surface area contributed by atoms with Crippen LogP contribution in [0.25, 0.3) is 0 Å². The Labute approximate surface area is 651 Å². The maximum atomic E-state index is 3.98. The Morgan fingerprint density at radius 1 is 0.215 bits per heavy atom. The molecule has 0 fully saturated rings. The van der Waals surface area contributed by atoms with Gasteiger partial charge < -0.3 is 0 Å². The summed E-state index contributed by atoms with van der Waals surface area (Å²) < 4.78 is 1.64. The van der Waals surface area contributed by atoms with Crippen molar-refractivity contribution in [2.45, 2.75) is 242 Å². The number of rotatable bonds is 0. The predicted molar refractivity (Wildman–Crippen MR) is 454 cm³/mol. The molecule has 0 saturated heterocycles. The number of hydrogen-bond acceptors (Lipinski definition) is 23. The highest BCUT2D eigenvalue weighted by molar-refractivity contribution is 5.06. The molecule has 0 N–H and O–H groups in total. The highest BCUT2D eigenvalue weighted by Gasteiger charge is 1.81. The van der Waals surface area contributed by atoms with Crippen molar-refractivity contribution >= 4 is 0 Å². The van der Waals surface area contributed by atoms with E-state index in [4.69, 9.17) is 0 Å². The maximum Gasteiger partial charge on any atom is 0.138 e. The van der Waals surface area contributed by atoms with Gasteiger partial charge in [0.15, 0.2) is 0 Å². The van der Waals surface area contributed by atoms with Crippen molar-refractivity contribution in [2.75, 3.05) is 0 Å². The summed E-state index contributed by atoms with van der Waals surface area (Å²) in [4.78, 5) is 49.8. The Bertz CT molecular complexity index is 2500. The third-order valence-electron chi connectivity index (χ3n) is 8.47. The van der Waals surface area contributed by atoms with Crippen LogP contribution in [0, 0.1) is 76.2 Å². The normalized spacial score (nSPS) is 7.44. The van der Waals surface area contributed by atoms with Crippen molar-refractivity contribution in [3.05, 3.63) is 284 Å². The van der Waals surface area contributed by atoms with Gasteiger partial charge in [-0.15, -0.1) is 15.3 Å². The molecule has 12 aromatic heterocycles. The summed E-state index contributed by atoms with van der Waals surface area (Å²) in [7, 11) is 1.83. The molecular weight excluding hydrogens is 1330 g/mol. The Hall–Kier alpha value is -10.9. The molecule has 0 atom stereocenters. The quantitative estimate of drug-likeness (QED) is 0.136. The molecule has 0 radical (unpaired) electrons. The van der Waals surface area contributed by atoms with Crippen molar-refractivity contribution in [3.8, 4) is 0 Å². The molecule has 107 heavy (non-hydrogen) atoms. The Balaban J connectivity index is -0.0000000897. The smallest absolute Gasteiger partial charge is 0.138 e. The lowest BCUT2D eigenvalue weighted by molar-refractivity contribution is 0.715. The molecule has 12 rings (SSSR count). The van der Waals surface area contributed by atoms with E-state index in [0.29, 0.717) is 0 Å². The molecule has 24 heteroatoms. The van der Waals surface area contributed by atoms with Gasteiger partial charge in [-0.25, -0.2) is 39.9 Å². The van der Waals surface area contributed by atoms with E-state index in [0.717, 1.165) is 51.1 Å². The number of nitrogens with zero attached hydrogens (tertiary/aromatic N) is 24. The molecule has 0 spiro atoms. The fraction of sp³-hybridized carbons (Fsp3) is 0.434. The number of aryl methyl sites for hydroxylation is 12. The fourth-order valence-corrected chi connectivity index (χ4v) is 4.41. The molecule has 0 unspecified atom stereocenters. The lowest BCUT2D eigenvalue weighted by Crippen LogP contribution is -1.85. The summed E-state index contributed by atoms with van der Waals surface area (Å²) in [6.45, 7) is 69.3. The molecule has 0 aliphatic heterocycles. The van der Waals surface area contributed by atoms with E-state index in [2.05, 4.69) is 116 Å². The average molecular weight is 1480 g/mol. The highest BCUT2D eigenvalue weighted by Crippen LogP contribution is 1.91. The summed E-state index contributed by atoms with van der Waals surface area (Å²) in [6.07, 6.45) is 40.4. The first-order valence-corrected chi connectivity index (χ1v) is 37.2. The van der Waals surface area contributed by atoms with Gasteiger partial charge in [0.05, 0.1) is 47.6 Å². The Morgan fingerprint density at radius 2 is 0.673 bits per heavy atom. The highest BCUT2D eigenvalue weighted by atomic mass is 15.4. The fourth-order valence-electron chi connectivity index (χ4n) is 4.41. The zero-order valence-corrected chi connectivity index (χ0v) is 73.0. The van der Waals surface area contributed by atoms with Crippen LogP contribution in [0.1, 0.15) is 228 Å². The maximum absolute atomic E-state index is 3.98. The largest absolute Gasteiger partial charge is 0.265 e. The van der Waals surface area contributed by atoms with Crippen LogP contribution < -0.4 is 0 Å². The SMILES string of the molecule is CC.CC.CC.CC.CC.CC.CC.CC.CC.CC.CC.CC.Cc1ccccn1.Cc1cccnc1.Cc1cccnn1.Cc1ccncc1.Cc1ccncn1.Cc1ccnnc1.Cc1cnccn1.Cc1cncnc1.Cc1cncnn1.Cc1cnncn1.Cc1ncccn1.Cn1ccnn1. The lowest BCUT2D eigenvalue weighted by Gasteiger charge is -1.82. The van der Waals surface area contributed by atoms with Crippen molar-refractivity contribution < 1.29 is 0 Å². The van der Waals surface area contributed by atoms with Gasteiger partial charge in [0.2, 0.25) is 0 Å². The van der Waals surface area contributed by atoms with Crippen molar-refractivity contribution in [1.82, 2.24) is 121 Å². The van der Waals surface area contributed by atoms with Gasteiger partial charge in [0.1, 0.15) is 31.1 Å². The van der Waals surface area contributed by atoms with Crippen molar-refractivity contribution in [2.24, 2.45) is 7.05 Å². The number of pyridine rings is 3. The van der Waals surface area contributed by atoms with E-state index in [-0.39, 0.29) is 0 Å². The zero-order valence-electron chi connectivity index (χ0n) is 73.0. The monoisotopic (exact) mass is 1480 g/mol. The van der Waals surface area contributed by atoms with E-state index in [1.54, 1.807) is 128 Å². The van der Waals surface area contributed by atoms with Crippen molar-refractivity contribution in [3.63, 3.8) is 0 Å². The van der Waals surface area contributed by atoms with E-state index in [1.807, 2.05) is 322 Å². The second-order valence-electron chi connectivity index (χ2n) is 16.3. The number of hydrogen-bond donors (Lipinski definition) is 0. The topological polar surface area (TPSA) is 301 Å². The summed E-state index contributed by atoms with van der Waals surface area (Å²) in [5.74, 6) is 0.822. The second kappa shape index (κ2) is 119. The molecule has 0 bridgehead atoms. The van der Waals surface area contributed by atoms with Crippen LogP contribution in [-0.4, -0.2) is 121 Å². The predicted octanol–water partition coefficient (Wildman–Crippen LogP) is 21.4. The molecule has 24 nitrogen and oxygen atoms in total. The van der Waals surface area contributed by atoms with Crippen LogP contribution in [0.5, 0.6) is 0 Å². The molecule has 596 valence electrons. The zero-order chi connectivity index (χ0) is 84.6. The standard InChI is InChI=1S/3C6H7N.6C5H6N2.2C4H5N3.C3H5N3.12C2H6/c1-6-2-4-7-5-3-6;1-6-3-2-4-7-5-6;1-6-4-2-3-5-7-6;1-5-2-6-4-7-3-5;1-5-4-6-2-3-7-5;1-5-2-3-6-4-7-5;1-5-2-3-6-7-4-5;1-5-6-3-2-4-7-5;1-5-3-2-4-6-7-5;1-4-2-6-7-3-5-4;1-4-2-5-3-6-7-4;1-6-3-2-4-5-6;12*1-2/h3*2-5H,1H3;6*2-4H,1H3;2*2-3H,1H3;2-3H,1H3;12*1-2H3. The lowest BCUT2D eigenvalue weighted by atomic mass is 10.3. The molecule has 0 aliphatic rings. The molecule has 12 aromatic rings. The van der Waals surface area contributed by atoms with E-state index in [9.17, 15) is 0 Å². The minimum atomic E-state index is 0.822. The van der Waals surface area contributed by atoms with Crippen LogP contribution in [0.3, 0.4) is 0 Å². The van der Waals surface area contributed by atoms with Gasteiger partial charge in [-0.2, -0.15) is 30.6 Å². The van der Waals surface area contributed by atoms with Crippen LogP contribution in [0.2, 0.25) is 0 Å². The van der Waals surface area contributed by atoms with Crippen LogP contribution >= 0.6 is 0 Å². The third-order valence-corrected chi connectivity index (χ3v) is 8.47. The van der Waals surface area contributed by atoms with Crippen LogP contribution in [0.4, 0.5) is 0 Å². The van der Waals surface area contributed by atoms with E-state index < -0.39 is 0 Å². The minimum absolute atomic E-state index is 0.822. The van der Waals surface area contributed by atoms with Gasteiger partial charge in [-0.3, -0.25) is 29.6 Å². The molecule has 0 aromatic carbocycles. The van der Waals surface area contributed by atoms with Crippen LogP contribution in [0.15, 0.2) is 222 Å². The molecule has 0 aliphatic carbocycles. The first-order chi connectivity index (χ1) is 52.2. The summed E-state index contributed by atoms with van der Waals surface area (Å²) in [6, 6.07) is 23.1. The Kier molecular flexibility index (Phi) is 137. The molecule has 12 heterocycles. The minimum Gasteiger partial charge on any atom is -0.265 e. The summed E-state index contributed by atoms with van der Waals surface area (Å²) in [5.41, 5.74) is 10.5. The summed E-state index contributed by atoms with van der Waals surface area (Å²) in [5, 5.41) is 36.0. The van der Waals surface area contributed by atoms with Gasteiger partial charge in [-0.05, 0) is 159 Å². The number of aromatic nitrogens is 24. The average Bonchev–Trinajstić information content (AvgIpc) is 2.68. The second-order valence-corrected chi connectivity index (χ2v) is 16.3. The molecular formula is C83H144N24. The van der Waals surface area contributed by atoms with Gasteiger partial charge >= 0.3 is 0 Å². The van der Waals surface area contributed by atoms with Gasteiger partial charge in [0.25, 0.3) is 0 Å². The van der Waals surface area contributed by atoms with E-state index in [1.165, 1.54) is 36.4 Å². The Morgan fingerprint density at radius 3 is 0.888 bits per heavy atom. The van der Waals surface area contributed by atoms with E-state index >= 15 is 0 Å². The first kappa shape index (κ1) is 123. The van der Waals surface area contributed by atoms with Crippen molar-refractivity contribution in [1.29, 1.82) is 0 Å². The van der Waals surface area contributed by atoms with Crippen LogP contribution in [-0.2, 0) is 7.05 Å². The third kappa shape index (κ3) is 117. The van der Waals surface area contributed by atoms with Gasteiger partial charge in [-0.1, -0.05) is 184 Å². The molecule has 0 amide bonds. The first-order valence-electron chi connectivity index (χ1n) is 37.2.